The Kier molecular flexibility index (Phi) is 3.08. The van der Waals surface area contributed by atoms with Gasteiger partial charge in [-0.1, -0.05) is 24.3 Å². The Bertz CT molecular complexity index is 1030. The monoisotopic (exact) mass is 301 g/mol. The van der Waals surface area contributed by atoms with Gasteiger partial charge in [0.25, 0.3) is 5.91 Å². The predicted octanol–water partition coefficient (Wildman–Crippen LogP) is 4.28. The van der Waals surface area contributed by atoms with Crippen LogP contribution in [0.15, 0.2) is 60.8 Å². The maximum absolute atomic E-state index is 12.8. The number of anilines is 1. The van der Waals surface area contributed by atoms with Crippen molar-refractivity contribution in [2.75, 3.05) is 5.32 Å². The van der Waals surface area contributed by atoms with Crippen molar-refractivity contribution in [3.05, 3.63) is 72.1 Å². The van der Waals surface area contributed by atoms with Crippen molar-refractivity contribution < 1.29 is 4.79 Å². The number of pyridine rings is 1. The second-order valence-corrected chi connectivity index (χ2v) is 5.53. The minimum Gasteiger partial charge on any atom is -0.361 e. The number of amides is 1. The van der Waals surface area contributed by atoms with Gasteiger partial charge in [0.1, 0.15) is 0 Å². The molecule has 0 aliphatic carbocycles. The number of nitrogens with one attached hydrogen (secondary N) is 2. The number of aryl methyl sites for hydroxylation is 1. The molecule has 0 aliphatic heterocycles. The van der Waals surface area contributed by atoms with Crippen molar-refractivity contribution in [1.29, 1.82) is 0 Å². The van der Waals surface area contributed by atoms with Crippen molar-refractivity contribution in [3.63, 3.8) is 0 Å². The Labute approximate surface area is 133 Å². The summed E-state index contributed by atoms with van der Waals surface area (Å²) in [6.07, 6.45) is 1.87. The molecule has 0 saturated heterocycles. The van der Waals surface area contributed by atoms with Crippen LogP contribution in [0.3, 0.4) is 0 Å². The number of aromatic amines is 1. The van der Waals surface area contributed by atoms with Gasteiger partial charge in [-0.2, -0.15) is 0 Å². The van der Waals surface area contributed by atoms with Crippen LogP contribution >= 0.6 is 0 Å². The summed E-state index contributed by atoms with van der Waals surface area (Å²) < 4.78 is 0. The van der Waals surface area contributed by atoms with E-state index in [0.717, 1.165) is 33.2 Å². The van der Waals surface area contributed by atoms with Crippen molar-refractivity contribution >= 4 is 33.4 Å². The van der Waals surface area contributed by atoms with E-state index in [1.54, 1.807) is 0 Å². The maximum atomic E-state index is 12.8. The summed E-state index contributed by atoms with van der Waals surface area (Å²) in [6, 6.07) is 17.3. The third-order valence-electron chi connectivity index (χ3n) is 3.93. The molecule has 1 amide bonds. The molecule has 0 aliphatic rings. The highest BCUT2D eigenvalue weighted by molar-refractivity contribution is 6.14. The number of nitrogens with zero attached hydrogens (tertiary/aromatic N) is 1. The molecular formula is C19H15N3O. The number of hydrogen-bond donors (Lipinski definition) is 2. The first-order valence-corrected chi connectivity index (χ1v) is 7.46. The van der Waals surface area contributed by atoms with Crippen molar-refractivity contribution in [3.8, 4) is 0 Å². The van der Waals surface area contributed by atoms with Crippen LogP contribution in [0.25, 0.3) is 21.8 Å². The largest absolute Gasteiger partial charge is 0.361 e. The molecule has 2 heterocycles. The van der Waals surface area contributed by atoms with E-state index in [2.05, 4.69) is 15.3 Å². The van der Waals surface area contributed by atoms with Crippen LogP contribution in [0, 0.1) is 6.92 Å². The molecule has 2 N–H and O–H groups in total. The molecule has 4 nitrogen and oxygen atoms in total. The second-order valence-electron chi connectivity index (χ2n) is 5.53. The first kappa shape index (κ1) is 13.5. The minimum atomic E-state index is -0.125. The zero-order valence-electron chi connectivity index (χ0n) is 12.6. The summed E-state index contributed by atoms with van der Waals surface area (Å²) in [4.78, 5) is 20.4. The summed E-state index contributed by atoms with van der Waals surface area (Å²) in [7, 11) is 0. The molecule has 112 valence electrons. The molecule has 2 aromatic carbocycles. The van der Waals surface area contributed by atoms with Crippen LogP contribution in [0.4, 0.5) is 5.69 Å². The fourth-order valence-electron chi connectivity index (χ4n) is 2.88. The first-order chi connectivity index (χ1) is 11.2. The van der Waals surface area contributed by atoms with Gasteiger partial charge in [0.2, 0.25) is 0 Å². The molecule has 0 saturated carbocycles. The fraction of sp³-hybridized carbons (Fsp3) is 0.0526. The quantitative estimate of drug-likeness (QED) is 0.580. The van der Waals surface area contributed by atoms with Crippen molar-refractivity contribution in [1.82, 2.24) is 9.97 Å². The molecule has 0 fully saturated rings. The van der Waals surface area contributed by atoms with E-state index in [-0.39, 0.29) is 5.91 Å². The van der Waals surface area contributed by atoms with Gasteiger partial charge in [0.05, 0.1) is 16.8 Å². The number of benzene rings is 2. The summed E-state index contributed by atoms with van der Waals surface area (Å²) in [5.74, 6) is -0.125. The van der Waals surface area contributed by atoms with Crippen LogP contribution in [-0.4, -0.2) is 15.9 Å². The van der Waals surface area contributed by atoms with Crippen LogP contribution in [0.5, 0.6) is 0 Å². The molecular weight excluding hydrogens is 286 g/mol. The second kappa shape index (κ2) is 5.25. The number of para-hydroxylation sites is 1. The molecule has 0 radical (unpaired) electrons. The van der Waals surface area contributed by atoms with E-state index in [1.807, 2.05) is 67.7 Å². The van der Waals surface area contributed by atoms with E-state index in [9.17, 15) is 4.79 Å². The normalized spacial score (nSPS) is 11.0. The van der Waals surface area contributed by atoms with Gasteiger partial charge in [-0.3, -0.25) is 9.78 Å². The molecule has 0 atom stereocenters. The first-order valence-electron chi connectivity index (χ1n) is 7.46. The van der Waals surface area contributed by atoms with Gasteiger partial charge in [0, 0.05) is 28.2 Å². The van der Waals surface area contributed by atoms with Crippen molar-refractivity contribution in [2.24, 2.45) is 0 Å². The Morgan fingerprint density at radius 2 is 1.91 bits per heavy atom. The standard InChI is InChI=1S/C19H15N3O/c1-12-11-15(13-5-2-3-6-17(13)21-12)19(23)22-18-8-4-7-16-14(18)9-10-20-16/h2-11,20H,1H3,(H,22,23). The molecule has 2 aromatic heterocycles. The summed E-state index contributed by atoms with van der Waals surface area (Å²) in [5.41, 5.74) is 4.10. The number of fused-ring (bicyclic) bond motifs is 2. The Balaban J connectivity index is 1.79. The zero-order chi connectivity index (χ0) is 15.8. The van der Waals surface area contributed by atoms with E-state index in [0.29, 0.717) is 5.56 Å². The number of aromatic nitrogens is 2. The van der Waals surface area contributed by atoms with E-state index < -0.39 is 0 Å². The highest BCUT2D eigenvalue weighted by Crippen LogP contribution is 2.24. The van der Waals surface area contributed by atoms with Crippen LogP contribution in [-0.2, 0) is 0 Å². The van der Waals surface area contributed by atoms with Gasteiger partial charge >= 0.3 is 0 Å². The lowest BCUT2D eigenvalue weighted by Gasteiger charge is -2.10. The summed E-state index contributed by atoms with van der Waals surface area (Å²) in [5, 5.41) is 4.87. The van der Waals surface area contributed by atoms with Gasteiger partial charge < -0.3 is 10.3 Å². The van der Waals surface area contributed by atoms with Gasteiger partial charge in [-0.25, -0.2) is 0 Å². The number of carbonyl (C=O) groups excluding carboxylic acids is 1. The smallest absolute Gasteiger partial charge is 0.256 e. The Hall–Kier alpha value is -3.14. The highest BCUT2D eigenvalue weighted by atomic mass is 16.1. The van der Waals surface area contributed by atoms with Gasteiger partial charge in [-0.15, -0.1) is 0 Å². The minimum absolute atomic E-state index is 0.125. The summed E-state index contributed by atoms with van der Waals surface area (Å²) >= 11 is 0. The lowest BCUT2D eigenvalue weighted by atomic mass is 10.1. The van der Waals surface area contributed by atoms with E-state index in [4.69, 9.17) is 0 Å². The fourth-order valence-corrected chi connectivity index (χ4v) is 2.88. The number of hydrogen-bond acceptors (Lipinski definition) is 2. The number of H-pyrrole nitrogens is 1. The van der Waals surface area contributed by atoms with Crippen LogP contribution in [0.1, 0.15) is 16.1 Å². The lowest BCUT2D eigenvalue weighted by Crippen LogP contribution is -2.13. The molecule has 4 heteroatoms. The summed E-state index contributed by atoms with van der Waals surface area (Å²) in [6.45, 7) is 1.90. The molecule has 0 spiro atoms. The van der Waals surface area contributed by atoms with E-state index >= 15 is 0 Å². The highest BCUT2D eigenvalue weighted by Gasteiger charge is 2.13. The topological polar surface area (TPSA) is 57.8 Å². The number of rotatable bonds is 2. The Morgan fingerprint density at radius 3 is 2.83 bits per heavy atom. The molecule has 0 unspecified atom stereocenters. The van der Waals surface area contributed by atoms with Crippen LogP contribution < -0.4 is 5.32 Å². The van der Waals surface area contributed by atoms with Gasteiger partial charge in [0.15, 0.2) is 0 Å². The third-order valence-corrected chi connectivity index (χ3v) is 3.93. The SMILES string of the molecule is Cc1cc(C(=O)Nc2cccc3[nH]ccc23)c2ccccc2n1. The maximum Gasteiger partial charge on any atom is 0.256 e. The Morgan fingerprint density at radius 1 is 1.04 bits per heavy atom. The third kappa shape index (κ3) is 2.34. The lowest BCUT2D eigenvalue weighted by molar-refractivity contribution is 0.102. The van der Waals surface area contributed by atoms with Crippen LogP contribution in [0.2, 0.25) is 0 Å². The van der Waals surface area contributed by atoms with Gasteiger partial charge in [-0.05, 0) is 37.3 Å². The average Bonchev–Trinajstić information content (AvgIpc) is 3.03. The van der Waals surface area contributed by atoms with E-state index in [1.165, 1.54) is 0 Å². The predicted molar refractivity (Wildman–Crippen MR) is 92.7 cm³/mol. The average molecular weight is 301 g/mol. The molecule has 4 rings (SSSR count). The molecule has 23 heavy (non-hydrogen) atoms. The zero-order valence-corrected chi connectivity index (χ0v) is 12.6. The molecule has 0 bridgehead atoms. The number of carbonyl (C=O) groups is 1. The van der Waals surface area contributed by atoms with Crippen molar-refractivity contribution in [2.45, 2.75) is 6.92 Å². The molecule has 4 aromatic rings.